The highest BCUT2D eigenvalue weighted by molar-refractivity contribution is 7.99. The Balaban J connectivity index is 1.95. The lowest BCUT2D eigenvalue weighted by molar-refractivity contribution is 0.410. The zero-order valence-electron chi connectivity index (χ0n) is 13.3. The van der Waals surface area contributed by atoms with Crippen LogP contribution >= 0.6 is 11.8 Å². The van der Waals surface area contributed by atoms with E-state index in [1.807, 2.05) is 0 Å². The number of thioether (sulfide) groups is 1. The van der Waals surface area contributed by atoms with Crippen molar-refractivity contribution < 1.29 is 4.39 Å². The van der Waals surface area contributed by atoms with Crippen molar-refractivity contribution in [3.63, 3.8) is 0 Å². The molecule has 126 valence electrons. The van der Waals surface area contributed by atoms with Gasteiger partial charge in [0.1, 0.15) is 5.82 Å². The van der Waals surface area contributed by atoms with E-state index in [0.717, 1.165) is 36.1 Å². The molecule has 25 heavy (non-hydrogen) atoms. The van der Waals surface area contributed by atoms with Crippen molar-refractivity contribution >= 4 is 17.4 Å². The molecule has 7 heteroatoms. The summed E-state index contributed by atoms with van der Waals surface area (Å²) < 4.78 is 14.6. The summed E-state index contributed by atoms with van der Waals surface area (Å²) in [7, 11) is 0. The van der Waals surface area contributed by atoms with Crippen LogP contribution < -0.4 is 5.69 Å². The average molecular weight is 354 g/mol. The molecule has 1 fully saturated rings. The quantitative estimate of drug-likeness (QED) is 0.577. The Morgan fingerprint density at radius 3 is 2.76 bits per heavy atom. The molecule has 0 amide bonds. The molecule has 1 saturated carbocycles. The third kappa shape index (κ3) is 2.83. The van der Waals surface area contributed by atoms with Gasteiger partial charge in [-0.25, -0.2) is 14.2 Å². The van der Waals surface area contributed by atoms with E-state index >= 15 is 0 Å². The van der Waals surface area contributed by atoms with Gasteiger partial charge in [-0.15, -0.1) is 6.42 Å². The Kier molecular flexibility index (Phi) is 4.06. The Bertz CT molecular complexity index is 1030. The number of nitrogens with one attached hydrogen (secondary N) is 1. The summed E-state index contributed by atoms with van der Waals surface area (Å²) in [5.74, 6) is 2.93. The third-order valence-electron chi connectivity index (χ3n) is 4.42. The summed E-state index contributed by atoms with van der Waals surface area (Å²) in [6, 6.07) is 6.21. The summed E-state index contributed by atoms with van der Waals surface area (Å²) >= 11 is 1.29. The number of H-pyrrole nitrogens is 1. The highest BCUT2D eigenvalue weighted by Crippen LogP contribution is 2.41. The number of benzene rings is 1. The number of aromatic nitrogens is 4. The molecule has 1 aromatic carbocycles. The minimum atomic E-state index is -0.349. The highest BCUT2D eigenvalue weighted by atomic mass is 32.2. The topological polar surface area (TPSA) is 63.1 Å². The van der Waals surface area contributed by atoms with E-state index < -0.39 is 0 Å². The summed E-state index contributed by atoms with van der Waals surface area (Å²) in [5.41, 5.74) is 2.60. The number of hydrogen-bond donors (Lipinski definition) is 1. The van der Waals surface area contributed by atoms with Gasteiger partial charge in [0.2, 0.25) is 0 Å². The lowest BCUT2D eigenvalue weighted by atomic mass is 9.80. The Morgan fingerprint density at radius 2 is 2.12 bits per heavy atom. The fourth-order valence-corrected chi connectivity index (χ4v) is 3.51. The molecular formula is C18H15FN4OS. The average Bonchev–Trinajstić information content (AvgIpc) is 2.91. The predicted molar refractivity (Wildman–Crippen MR) is 95.2 cm³/mol. The number of halogens is 1. The van der Waals surface area contributed by atoms with E-state index in [4.69, 9.17) is 6.42 Å². The Labute approximate surface area is 147 Å². The first-order valence-corrected chi connectivity index (χ1v) is 9.01. The van der Waals surface area contributed by atoms with Crippen LogP contribution in [0.4, 0.5) is 4.39 Å². The third-order valence-corrected chi connectivity index (χ3v) is 5.20. The first-order chi connectivity index (χ1) is 12.2. The monoisotopic (exact) mass is 354 g/mol. The van der Waals surface area contributed by atoms with Crippen LogP contribution in [0.1, 0.15) is 30.9 Å². The van der Waals surface area contributed by atoms with Gasteiger partial charge in [0.15, 0.2) is 10.8 Å². The molecule has 0 radical (unpaired) electrons. The van der Waals surface area contributed by atoms with Gasteiger partial charge in [-0.05, 0) is 30.5 Å². The fraction of sp³-hybridized carbons (Fsp3) is 0.278. The van der Waals surface area contributed by atoms with Crippen LogP contribution in [0.25, 0.3) is 16.8 Å². The van der Waals surface area contributed by atoms with Gasteiger partial charge in [-0.1, -0.05) is 36.2 Å². The molecule has 4 rings (SSSR count). The molecule has 1 N–H and O–H groups in total. The highest BCUT2D eigenvalue weighted by Gasteiger charge is 2.28. The number of aromatic amines is 1. The van der Waals surface area contributed by atoms with Crippen LogP contribution in [0.2, 0.25) is 0 Å². The summed E-state index contributed by atoms with van der Waals surface area (Å²) in [6.07, 6.45) is 8.51. The molecule has 0 atom stereocenters. The Hall–Kier alpha value is -2.59. The van der Waals surface area contributed by atoms with E-state index in [9.17, 15) is 9.18 Å². The normalized spacial score (nSPS) is 14.4. The van der Waals surface area contributed by atoms with Gasteiger partial charge >= 0.3 is 5.69 Å². The predicted octanol–water partition coefficient (Wildman–Crippen LogP) is 3.22. The second-order valence-corrected chi connectivity index (χ2v) is 6.93. The first kappa shape index (κ1) is 15.9. The molecule has 0 bridgehead atoms. The van der Waals surface area contributed by atoms with Crippen LogP contribution in [-0.2, 0) is 0 Å². The van der Waals surface area contributed by atoms with Crippen molar-refractivity contribution in [3.05, 3.63) is 46.3 Å². The standard InChI is InChI=1S/C18H15FN4OS/c1-2-10-25-17-20-16-14(11-6-8-13(19)9-7-11)15(12-4-3-5-12)22-23(16)18(24)21-17/h1,6-9,12H,3-5,10H2,(H,20,21,24). The molecule has 0 spiro atoms. The van der Waals surface area contributed by atoms with Crippen molar-refractivity contribution in [2.45, 2.75) is 30.3 Å². The van der Waals surface area contributed by atoms with E-state index in [2.05, 4.69) is 21.0 Å². The first-order valence-electron chi connectivity index (χ1n) is 8.02. The van der Waals surface area contributed by atoms with Crippen molar-refractivity contribution in [2.24, 2.45) is 0 Å². The summed E-state index contributed by atoms with van der Waals surface area (Å²) in [4.78, 5) is 19.7. The summed E-state index contributed by atoms with van der Waals surface area (Å²) in [6.45, 7) is 0. The zero-order chi connectivity index (χ0) is 17.4. The van der Waals surface area contributed by atoms with Gasteiger partial charge in [0.05, 0.1) is 17.0 Å². The molecule has 1 aliphatic rings. The van der Waals surface area contributed by atoms with Crippen molar-refractivity contribution in [1.82, 2.24) is 19.6 Å². The van der Waals surface area contributed by atoms with Gasteiger partial charge in [-0.2, -0.15) is 9.61 Å². The lowest BCUT2D eigenvalue weighted by Crippen LogP contribution is -2.20. The van der Waals surface area contributed by atoms with Gasteiger partial charge < -0.3 is 0 Å². The molecule has 2 heterocycles. The van der Waals surface area contributed by atoms with Gasteiger partial charge in [0.25, 0.3) is 0 Å². The zero-order valence-corrected chi connectivity index (χ0v) is 14.1. The molecule has 3 aromatic rings. The maximum Gasteiger partial charge on any atom is 0.350 e. The molecule has 5 nitrogen and oxygen atoms in total. The maximum absolute atomic E-state index is 13.3. The Morgan fingerprint density at radius 1 is 1.36 bits per heavy atom. The molecule has 0 saturated heterocycles. The van der Waals surface area contributed by atoms with Crippen LogP contribution in [0, 0.1) is 18.2 Å². The second kappa shape index (κ2) is 6.37. The van der Waals surface area contributed by atoms with Crippen molar-refractivity contribution in [3.8, 4) is 23.5 Å². The van der Waals surface area contributed by atoms with E-state index in [0.29, 0.717) is 22.5 Å². The minimum Gasteiger partial charge on any atom is -0.285 e. The molecule has 0 aliphatic heterocycles. The number of terminal acetylenes is 1. The van der Waals surface area contributed by atoms with E-state index in [1.165, 1.54) is 28.4 Å². The van der Waals surface area contributed by atoms with Crippen molar-refractivity contribution in [1.29, 1.82) is 0 Å². The molecule has 0 unspecified atom stereocenters. The minimum absolute atomic E-state index is 0.304. The van der Waals surface area contributed by atoms with E-state index in [-0.39, 0.29) is 11.5 Å². The maximum atomic E-state index is 13.3. The van der Waals surface area contributed by atoms with E-state index in [1.54, 1.807) is 12.1 Å². The number of hydrogen-bond acceptors (Lipinski definition) is 4. The fourth-order valence-electron chi connectivity index (χ4n) is 2.98. The van der Waals surface area contributed by atoms with Crippen LogP contribution in [0.15, 0.2) is 34.2 Å². The molecule has 1 aliphatic carbocycles. The van der Waals surface area contributed by atoms with Gasteiger partial charge in [0, 0.05) is 5.92 Å². The largest absolute Gasteiger partial charge is 0.350 e. The van der Waals surface area contributed by atoms with Crippen LogP contribution in [0.3, 0.4) is 0 Å². The van der Waals surface area contributed by atoms with Crippen molar-refractivity contribution in [2.75, 3.05) is 5.75 Å². The number of rotatable bonds is 4. The summed E-state index contributed by atoms with van der Waals surface area (Å²) in [5, 5.41) is 4.98. The molecular weight excluding hydrogens is 339 g/mol. The molecule has 2 aromatic heterocycles. The van der Waals surface area contributed by atoms with Gasteiger partial charge in [-0.3, -0.25) is 4.98 Å². The lowest BCUT2D eigenvalue weighted by Gasteiger charge is -2.24. The smallest absolute Gasteiger partial charge is 0.285 e. The number of nitrogens with zero attached hydrogens (tertiary/aromatic N) is 3. The second-order valence-electron chi connectivity index (χ2n) is 5.97. The number of fused-ring (bicyclic) bond motifs is 1. The van der Waals surface area contributed by atoms with Crippen LogP contribution in [-0.4, -0.2) is 25.3 Å². The van der Waals surface area contributed by atoms with Crippen LogP contribution in [0.5, 0.6) is 0 Å². The SMILES string of the molecule is C#CCSc1nc2c(-c3ccc(F)cc3)c(C3CCC3)nn2c(=O)[nH]1.